The third-order valence-electron chi connectivity index (χ3n) is 6.54. The summed E-state index contributed by atoms with van der Waals surface area (Å²) in [5, 5.41) is 0. The zero-order valence-electron chi connectivity index (χ0n) is 18.8. The third kappa shape index (κ3) is 6.26. The first kappa shape index (κ1) is 23.8. The fourth-order valence-electron chi connectivity index (χ4n) is 4.76. The molecule has 0 saturated carbocycles. The molecule has 1 aliphatic heterocycles. The lowest BCUT2D eigenvalue weighted by molar-refractivity contribution is -0.124. The normalized spacial score (nSPS) is 18.2. The first-order valence-corrected chi connectivity index (χ1v) is 11.3. The summed E-state index contributed by atoms with van der Waals surface area (Å²) in [5.41, 5.74) is 5.48. The largest absolute Gasteiger partial charge is 0.369 e. The number of primary amides is 1. The maximum Gasteiger partial charge on any atom is 0.228 e. The average Bonchev–Trinajstić information content (AvgIpc) is 2.93. The first-order valence-electron chi connectivity index (χ1n) is 11.3. The van der Waals surface area contributed by atoms with Gasteiger partial charge in [-0.25, -0.2) is 4.39 Å². The molecule has 29 heavy (non-hydrogen) atoms. The summed E-state index contributed by atoms with van der Waals surface area (Å²) in [6.07, 6.45) is 6.02. The first-order chi connectivity index (χ1) is 13.8. The number of nitrogens with two attached hydrogens (primary N) is 1. The van der Waals surface area contributed by atoms with Gasteiger partial charge in [0.05, 0.1) is 5.41 Å². The minimum Gasteiger partial charge on any atom is -0.369 e. The second-order valence-electron chi connectivity index (χ2n) is 9.11. The van der Waals surface area contributed by atoms with Gasteiger partial charge in [0.2, 0.25) is 5.91 Å². The van der Waals surface area contributed by atoms with E-state index in [1.807, 2.05) is 6.07 Å². The topological polar surface area (TPSA) is 49.6 Å². The quantitative estimate of drug-likeness (QED) is 0.630. The number of hydrogen-bond acceptors (Lipinski definition) is 3. The van der Waals surface area contributed by atoms with Crippen molar-refractivity contribution in [1.29, 1.82) is 0 Å². The van der Waals surface area contributed by atoms with Crippen molar-refractivity contribution in [1.82, 2.24) is 9.80 Å². The highest BCUT2D eigenvalue weighted by Crippen LogP contribution is 2.35. The summed E-state index contributed by atoms with van der Waals surface area (Å²) in [6, 6.07) is 7.39. The lowest BCUT2D eigenvalue weighted by Gasteiger charge is -2.38. The van der Waals surface area contributed by atoms with Gasteiger partial charge in [0.25, 0.3) is 0 Å². The van der Waals surface area contributed by atoms with Crippen molar-refractivity contribution in [2.45, 2.75) is 83.7 Å². The van der Waals surface area contributed by atoms with Crippen LogP contribution in [0, 0.1) is 5.82 Å². The predicted molar refractivity (Wildman–Crippen MR) is 118 cm³/mol. The number of rotatable bonds is 10. The summed E-state index contributed by atoms with van der Waals surface area (Å²) >= 11 is 0. The van der Waals surface area contributed by atoms with Crippen LogP contribution in [0.3, 0.4) is 0 Å². The van der Waals surface area contributed by atoms with Crippen LogP contribution in [0.25, 0.3) is 0 Å². The number of nitrogens with zero attached hydrogens (tertiary/aromatic N) is 2. The number of hydrogen-bond donors (Lipinski definition) is 1. The van der Waals surface area contributed by atoms with E-state index < -0.39 is 11.3 Å². The van der Waals surface area contributed by atoms with Gasteiger partial charge in [-0.1, -0.05) is 31.0 Å². The molecule has 1 aromatic carbocycles. The molecule has 0 aliphatic carbocycles. The smallest absolute Gasteiger partial charge is 0.228 e. The molecular weight excluding hydrogens is 365 g/mol. The van der Waals surface area contributed by atoms with Crippen LogP contribution in [-0.2, 0) is 10.2 Å². The fourth-order valence-corrected chi connectivity index (χ4v) is 4.76. The van der Waals surface area contributed by atoms with Crippen molar-refractivity contribution < 1.29 is 9.18 Å². The van der Waals surface area contributed by atoms with E-state index in [4.69, 9.17) is 5.73 Å². The van der Waals surface area contributed by atoms with Gasteiger partial charge in [0.1, 0.15) is 5.82 Å². The Balaban J connectivity index is 2.31. The Labute approximate surface area is 176 Å². The Morgan fingerprint density at radius 2 is 1.66 bits per heavy atom. The Morgan fingerprint density at radius 3 is 2.17 bits per heavy atom. The van der Waals surface area contributed by atoms with E-state index in [0.717, 1.165) is 19.6 Å². The van der Waals surface area contributed by atoms with Crippen LogP contribution in [0.15, 0.2) is 24.3 Å². The molecule has 1 saturated heterocycles. The molecule has 0 bridgehead atoms. The molecule has 0 radical (unpaired) electrons. The van der Waals surface area contributed by atoms with Crippen LogP contribution in [0.1, 0.15) is 71.8 Å². The molecule has 1 aromatic rings. The Kier molecular flexibility index (Phi) is 9.09. The third-order valence-corrected chi connectivity index (χ3v) is 6.54. The Morgan fingerprint density at radius 1 is 1.07 bits per heavy atom. The molecule has 0 spiro atoms. The van der Waals surface area contributed by atoms with Crippen LogP contribution in [0.4, 0.5) is 4.39 Å². The monoisotopic (exact) mass is 405 g/mol. The number of likely N-dealkylation sites (tertiary alicyclic amines) is 1. The van der Waals surface area contributed by atoms with Crippen molar-refractivity contribution in [2.75, 3.05) is 26.2 Å². The predicted octanol–water partition coefficient (Wildman–Crippen LogP) is 4.32. The van der Waals surface area contributed by atoms with Gasteiger partial charge in [-0.2, -0.15) is 0 Å². The molecule has 1 atom stereocenters. The van der Waals surface area contributed by atoms with Crippen LogP contribution in [0.2, 0.25) is 0 Å². The summed E-state index contributed by atoms with van der Waals surface area (Å²) in [4.78, 5) is 17.7. The number of amides is 1. The number of halogens is 1. The number of benzene rings is 1. The molecule has 2 rings (SSSR count). The van der Waals surface area contributed by atoms with E-state index in [1.54, 1.807) is 12.1 Å². The molecule has 1 aliphatic rings. The van der Waals surface area contributed by atoms with Crippen molar-refractivity contribution >= 4 is 5.91 Å². The van der Waals surface area contributed by atoms with E-state index in [0.29, 0.717) is 37.0 Å². The van der Waals surface area contributed by atoms with Gasteiger partial charge < -0.3 is 10.6 Å². The number of carbonyl (C=O) groups excluding carboxylic acids is 1. The van der Waals surface area contributed by atoms with E-state index in [1.165, 1.54) is 31.7 Å². The molecule has 0 aromatic heterocycles. The van der Waals surface area contributed by atoms with Crippen LogP contribution >= 0.6 is 0 Å². The fraction of sp³-hybridized carbons (Fsp3) is 0.708. The molecule has 4 nitrogen and oxygen atoms in total. The molecule has 5 heteroatoms. The van der Waals surface area contributed by atoms with Crippen molar-refractivity contribution in [3.05, 3.63) is 35.6 Å². The second kappa shape index (κ2) is 11.1. The van der Waals surface area contributed by atoms with Gasteiger partial charge in [-0.3, -0.25) is 9.69 Å². The molecule has 2 N–H and O–H groups in total. The molecule has 1 amide bonds. The lowest BCUT2D eigenvalue weighted by atomic mass is 9.73. The molecule has 1 fully saturated rings. The lowest BCUT2D eigenvalue weighted by Crippen LogP contribution is -2.48. The summed E-state index contributed by atoms with van der Waals surface area (Å²) in [5.74, 6) is -0.743. The highest BCUT2D eigenvalue weighted by molar-refractivity contribution is 5.86. The standard InChI is InChI=1S/C24H40FN3O/c1-19(2)28(20(3)4)18-14-24(23(26)29,21-11-7-8-12-22(21)25)13-17-27-15-9-5-6-10-16-27/h7-8,11-12,19-20H,5-6,9-10,13-18H2,1-4H3,(H2,26,29)/t24-/m1/s1. The van der Waals surface area contributed by atoms with E-state index in [9.17, 15) is 9.18 Å². The summed E-state index contributed by atoms with van der Waals surface area (Å²) in [6.45, 7) is 12.2. The van der Waals surface area contributed by atoms with Crippen LogP contribution in [-0.4, -0.2) is 54.0 Å². The molecule has 0 unspecified atom stereocenters. The average molecular weight is 406 g/mol. The Bertz CT molecular complexity index is 633. The minimum absolute atomic E-state index is 0.331. The van der Waals surface area contributed by atoms with Crippen LogP contribution in [0.5, 0.6) is 0 Å². The van der Waals surface area contributed by atoms with Gasteiger partial charge in [0, 0.05) is 24.2 Å². The van der Waals surface area contributed by atoms with E-state index in [-0.39, 0.29) is 5.82 Å². The van der Waals surface area contributed by atoms with Gasteiger partial charge >= 0.3 is 0 Å². The maximum absolute atomic E-state index is 14.9. The summed E-state index contributed by atoms with van der Waals surface area (Å²) in [7, 11) is 0. The van der Waals surface area contributed by atoms with Crippen molar-refractivity contribution in [3.63, 3.8) is 0 Å². The van der Waals surface area contributed by atoms with Crippen LogP contribution < -0.4 is 5.73 Å². The molecule has 164 valence electrons. The SMILES string of the molecule is CC(C)N(CC[C@@](CCN1CCCCCC1)(C(N)=O)c1ccccc1F)C(C)C. The van der Waals surface area contributed by atoms with Gasteiger partial charge in [-0.05, 0) is 79.1 Å². The number of carbonyl (C=O) groups is 1. The molecular formula is C24H40FN3O. The zero-order valence-corrected chi connectivity index (χ0v) is 18.8. The zero-order chi connectivity index (χ0) is 21.4. The Hall–Kier alpha value is -1.46. The van der Waals surface area contributed by atoms with Gasteiger partial charge in [0.15, 0.2) is 0 Å². The molecule has 1 heterocycles. The maximum atomic E-state index is 14.9. The van der Waals surface area contributed by atoms with E-state index in [2.05, 4.69) is 37.5 Å². The highest BCUT2D eigenvalue weighted by atomic mass is 19.1. The van der Waals surface area contributed by atoms with Crippen molar-refractivity contribution in [2.24, 2.45) is 5.73 Å². The van der Waals surface area contributed by atoms with Gasteiger partial charge in [-0.15, -0.1) is 0 Å². The highest BCUT2D eigenvalue weighted by Gasteiger charge is 2.41. The van der Waals surface area contributed by atoms with Crippen molar-refractivity contribution in [3.8, 4) is 0 Å². The summed E-state index contributed by atoms with van der Waals surface area (Å²) < 4.78 is 14.9. The van der Waals surface area contributed by atoms with E-state index >= 15 is 0 Å². The minimum atomic E-state index is -0.986. The second-order valence-corrected chi connectivity index (χ2v) is 9.11.